The van der Waals surface area contributed by atoms with E-state index in [0.29, 0.717) is 0 Å². The highest BCUT2D eigenvalue weighted by Crippen LogP contribution is 2.36. The summed E-state index contributed by atoms with van der Waals surface area (Å²) >= 11 is 0. The van der Waals surface area contributed by atoms with Gasteiger partial charge in [0.2, 0.25) is 0 Å². The molecule has 1 rings (SSSR count). The van der Waals surface area contributed by atoms with Crippen molar-refractivity contribution in [3.63, 3.8) is 0 Å². The van der Waals surface area contributed by atoms with Crippen molar-refractivity contribution in [2.24, 2.45) is 0 Å². The molecule has 0 aromatic heterocycles. The molecule has 0 aliphatic rings. The summed E-state index contributed by atoms with van der Waals surface area (Å²) in [7, 11) is -0.855. The highest BCUT2D eigenvalue weighted by Gasteiger charge is 2.37. The van der Waals surface area contributed by atoms with Gasteiger partial charge in [-0.3, -0.25) is 0 Å². The van der Waals surface area contributed by atoms with Gasteiger partial charge in [0.25, 0.3) is 0 Å². The molecule has 0 unspecified atom stereocenters. The van der Waals surface area contributed by atoms with E-state index in [2.05, 4.69) is 43.3 Å². The maximum atomic E-state index is 12.5. The Hall–Kier alpha value is -1.74. The van der Waals surface area contributed by atoms with Crippen molar-refractivity contribution in [3.05, 3.63) is 23.8 Å². The predicted octanol–water partition coefficient (Wildman–Crippen LogP) is 5.16. The first-order valence-corrected chi connectivity index (χ1v) is 11.4. The molecule has 0 aliphatic carbocycles. The molecule has 0 bridgehead atoms. The van der Waals surface area contributed by atoms with E-state index in [0.717, 1.165) is 19.2 Å². The van der Waals surface area contributed by atoms with E-state index in [1.165, 1.54) is 6.07 Å². The van der Waals surface area contributed by atoms with Crippen molar-refractivity contribution in [3.8, 4) is 11.5 Å². The number of halogens is 3. The van der Waals surface area contributed by atoms with Crippen LogP contribution in [-0.2, 0) is 9.16 Å². The minimum absolute atomic E-state index is 0.0191. The fraction of sp³-hybridized carbons (Fsp3) is 0.611. The molecule has 0 amide bonds. The zero-order valence-corrected chi connectivity index (χ0v) is 17.7. The quantitative estimate of drug-likeness (QED) is 0.461. The molecule has 0 fully saturated rings. The highest BCUT2D eigenvalue weighted by atomic mass is 28.4. The molecule has 1 atom stereocenters. The normalized spacial score (nSPS) is 13.9. The minimum Gasteiger partial charge on any atom is -0.488 e. The summed E-state index contributed by atoms with van der Waals surface area (Å²) in [6.07, 6.45) is -5.32. The van der Waals surface area contributed by atoms with Gasteiger partial charge in [0.05, 0.1) is 19.3 Å². The predicted molar refractivity (Wildman–Crippen MR) is 97.7 cm³/mol. The summed E-state index contributed by atoms with van der Waals surface area (Å²) in [5.41, 5.74) is -0.105. The van der Waals surface area contributed by atoms with Crippen LogP contribution >= 0.6 is 0 Å². The Morgan fingerprint density at radius 2 is 1.67 bits per heavy atom. The molecule has 27 heavy (non-hydrogen) atoms. The van der Waals surface area contributed by atoms with Crippen molar-refractivity contribution in [1.82, 2.24) is 0 Å². The summed E-state index contributed by atoms with van der Waals surface area (Å²) in [6.45, 7) is 12.5. The summed E-state index contributed by atoms with van der Waals surface area (Å²) in [4.78, 5) is 11.7. The summed E-state index contributed by atoms with van der Waals surface area (Å²) < 4.78 is 57.7. The Labute approximate surface area is 158 Å². The second kappa shape index (κ2) is 8.51. The van der Waals surface area contributed by atoms with Crippen LogP contribution in [0.5, 0.6) is 11.5 Å². The molecule has 0 heterocycles. The molecule has 154 valence electrons. The van der Waals surface area contributed by atoms with Crippen molar-refractivity contribution >= 4 is 14.3 Å². The molecule has 5 nitrogen and oxygen atoms in total. The number of carbonyl (C=O) groups excluding carboxylic acids is 1. The summed E-state index contributed by atoms with van der Waals surface area (Å²) in [5.74, 6) is -1.29. The molecule has 0 N–H and O–H groups in total. The zero-order chi connectivity index (χ0) is 21.0. The molecule has 0 radical (unpaired) electrons. The zero-order valence-electron chi connectivity index (χ0n) is 16.7. The van der Waals surface area contributed by atoms with Crippen molar-refractivity contribution in [2.75, 3.05) is 13.7 Å². The van der Waals surface area contributed by atoms with Crippen molar-refractivity contribution in [2.45, 2.75) is 58.3 Å². The topological polar surface area (TPSA) is 54.0 Å². The Bertz CT molecular complexity index is 653. The number of ether oxygens (including phenoxy) is 3. The third-order valence-corrected chi connectivity index (χ3v) is 8.86. The monoisotopic (exact) mass is 408 g/mol. The van der Waals surface area contributed by atoms with Crippen LogP contribution in [0, 0.1) is 0 Å². The van der Waals surface area contributed by atoms with E-state index in [-0.39, 0.29) is 23.0 Å². The van der Waals surface area contributed by atoms with Crippen LogP contribution in [0.25, 0.3) is 0 Å². The van der Waals surface area contributed by atoms with Gasteiger partial charge in [0.1, 0.15) is 17.6 Å². The van der Waals surface area contributed by atoms with Gasteiger partial charge in [-0.05, 0) is 37.2 Å². The lowest BCUT2D eigenvalue weighted by atomic mass is 10.2. The Kier molecular flexibility index (Phi) is 7.35. The highest BCUT2D eigenvalue weighted by molar-refractivity contribution is 6.74. The first kappa shape index (κ1) is 23.3. The number of hydrogen-bond acceptors (Lipinski definition) is 5. The van der Waals surface area contributed by atoms with E-state index in [1.54, 1.807) is 6.92 Å². The molecular formula is C18H27F3O5Si. The number of esters is 1. The number of rotatable bonds is 7. The van der Waals surface area contributed by atoms with Gasteiger partial charge in [-0.25, -0.2) is 4.79 Å². The molecule has 9 heteroatoms. The van der Waals surface area contributed by atoms with E-state index in [1.807, 2.05) is 0 Å². The number of carbonyl (C=O) groups is 1. The van der Waals surface area contributed by atoms with E-state index >= 15 is 0 Å². The average Bonchev–Trinajstić information content (AvgIpc) is 2.49. The number of benzene rings is 1. The molecule has 1 aromatic carbocycles. The van der Waals surface area contributed by atoms with Gasteiger partial charge in [0, 0.05) is 6.07 Å². The van der Waals surface area contributed by atoms with Crippen molar-refractivity contribution < 1.29 is 36.6 Å². The maximum Gasteiger partial charge on any atom is 0.573 e. The van der Waals surface area contributed by atoms with E-state index < -0.39 is 32.5 Å². The fourth-order valence-electron chi connectivity index (χ4n) is 1.88. The molecule has 0 saturated heterocycles. The van der Waals surface area contributed by atoms with Crippen LogP contribution in [0.2, 0.25) is 18.1 Å². The summed E-state index contributed by atoms with van der Waals surface area (Å²) in [5, 5.41) is 0.0191. The van der Waals surface area contributed by atoms with Crippen molar-refractivity contribution in [1.29, 1.82) is 0 Å². The molecule has 0 spiro atoms. The lowest BCUT2D eigenvalue weighted by Crippen LogP contribution is -2.43. The summed E-state index contributed by atoms with van der Waals surface area (Å²) in [6, 6.07) is 3.32. The number of methoxy groups -OCH3 is 1. The van der Waals surface area contributed by atoms with Gasteiger partial charge in [-0.1, -0.05) is 20.8 Å². The Morgan fingerprint density at radius 3 is 2.15 bits per heavy atom. The third kappa shape index (κ3) is 7.41. The van der Waals surface area contributed by atoms with Crippen LogP contribution in [-0.4, -0.2) is 40.5 Å². The second-order valence-corrected chi connectivity index (χ2v) is 12.5. The van der Waals surface area contributed by atoms with Gasteiger partial charge >= 0.3 is 12.3 Å². The van der Waals surface area contributed by atoms with Gasteiger partial charge in [-0.15, -0.1) is 13.2 Å². The van der Waals surface area contributed by atoms with Crippen LogP contribution in [0.3, 0.4) is 0 Å². The maximum absolute atomic E-state index is 12.5. The minimum atomic E-state index is -4.89. The SMILES string of the molecule is COC(=O)c1cc(O[C@H](C)CO[Si](C)(C)C(C)(C)C)cc(OC(F)(F)F)c1. The largest absolute Gasteiger partial charge is 0.573 e. The standard InChI is InChI=1S/C18H27F3O5Si/c1-12(11-24-27(6,7)17(2,3)4)25-14-8-13(16(22)23-5)9-15(10-14)26-18(19,20)21/h8-10,12H,11H2,1-7H3/t12-/m1/s1. The number of alkyl halides is 3. The third-order valence-electron chi connectivity index (χ3n) is 4.36. The van der Waals surface area contributed by atoms with Gasteiger partial charge in [0.15, 0.2) is 8.32 Å². The molecular weight excluding hydrogens is 381 g/mol. The van der Waals surface area contributed by atoms with Gasteiger partial charge < -0.3 is 18.6 Å². The fourth-order valence-corrected chi connectivity index (χ4v) is 2.96. The van der Waals surface area contributed by atoms with Crippen LogP contribution in [0.4, 0.5) is 13.2 Å². The van der Waals surface area contributed by atoms with E-state index in [4.69, 9.17) is 9.16 Å². The molecule has 0 saturated carbocycles. The average molecular weight is 408 g/mol. The second-order valence-electron chi connectivity index (χ2n) is 7.73. The smallest absolute Gasteiger partial charge is 0.488 e. The lowest BCUT2D eigenvalue weighted by Gasteiger charge is -2.36. The Morgan fingerprint density at radius 1 is 1.11 bits per heavy atom. The van der Waals surface area contributed by atoms with Gasteiger partial charge in [-0.2, -0.15) is 0 Å². The Balaban J connectivity index is 2.94. The first-order valence-electron chi connectivity index (χ1n) is 8.44. The van der Waals surface area contributed by atoms with Crippen LogP contribution in [0.1, 0.15) is 38.1 Å². The molecule has 0 aliphatic heterocycles. The first-order chi connectivity index (χ1) is 12.1. The van der Waals surface area contributed by atoms with Crippen LogP contribution in [0.15, 0.2) is 18.2 Å². The van der Waals surface area contributed by atoms with Crippen LogP contribution < -0.4 is 9.47 Å². The molecule has 1 aromatic rings. The number of hydrogen-bond donors (Lipinski definition) is 0. The van der Waals surface area contributed by atoms with E-state index in [9.17, 15) is 18.0 Å². The lowest BCUT2D eigenvalue weighted by molar-refractivity contribution is -0.274.